The van der Waals surface area contributed by atoms with Crippen LogP contribution in [0.4, 0.5) is 5.82 Å². The highest BCUT2D eigenvalue weighted by Crippen LogP contribution is 2.35. The average molecular weight is 324 g/mol. The number of aryl methyl sites for hydroxylation is 1. The van der Waals surface area contributed by atoms with Gasteiger partial charge in [-0.25, -0.2) is 4.98 Å². The fourth-order valence-corrected chi connectivity index (χ4v) is 3.79. The molecule has 3 heterocycles. The van der Waals surface area contributed by atoms with Crippen LogP contribution in [0.1, 0.15) is 19.0 Å². The molecule has 1 atom stereocenters. The zero-order valence-electron chi connectivity index (χ0n) is 12.9. The molecule has 1 amide bonds. The van der Waals surface area contributed by atoms with Crippen LogP contribution in [-0.4, -0.2) is 21.1 Å². The number of allylic oxidation sites excluding steroid dienone is 2. The molecule has 0 saturated heterocycles. The third kappa shape index (κ3) is 2.45. The number of carbonyl (C=O) groups is 1. The number of nitrogens with one attached hydrogen (secondary N) is 2. The van der Waals surface area contributed by atoms with Crippen molar-refractivity contribution in [2.24, 2.45) is 5.92 Å². The largest absolute Gasteiger partial charge is 0.304 e. The van der Waals surface area contributed by atoms with Crippen molar-refractivity contribution in [1.82, 2.24) is 15.2 Å². The molecule has 23 heavy (non-hydrogen) atoms. The fraction of sp³-hybridized carbons (Fsp3) is 0.235. The molecular formula is C17H16N4OS. The number of rotatable bonds is 2. The smallest absolute Gasteiger partial charge is 0.256 e. The van der Waals surface area contributed by atoms with Gasteiger partial charge in [0.2, 0.25) is 0 Å². The summed E-state index contributed by atoms with van der Waals surface area (Å²) in [4.78, 5) is 17.9. The van der Waals surface area contributed by atoms with Crippen LogP contribution in [0.3, 0.4) is 0 Å². The Labute approximate surface area is 137 Å². The first kappa shape index (κ1) is 14.1. The normalized spacial score (nSPS) is 17.7. The predicted octanol–water partition coefficient (Wildman–Crippen LogP) is 3.94. The Balaban J connectivity index is 1.68. The molecule has 1 unspecified atom stereocenters. The summed E-state index contributed by atoms with van der Waals surface area (Å²) >= 11 is 1.54. The van der Waals surface area contributed by atoms with E-state index in [-0.39, 0.29) is 5.91 Å². The Bertz CT molecular complexity index is 979. The van der Waals surface area contributed by atoms with Crippen LogP contribution in [0, 0.1) is 12.8 Å². The molecule has 0 fully saturated rings. The molecule has 6 heteroatoms. The summed E-state index contributed by atoms with van der Waals surface area (Å²) in [5.74, 6) is 0.933. The first-order valence-electron chi connectivity index (χ1n) is 7.56. The number of fused-ring (bicyclic) bond motifs is 3. The molecule has 3 aromatic heterocycles. The first-order valence-corrected chi connectivity index (χ1v) is 8.37. The molecule has 4 rings (SSSR count). The van der Waals surface area contributed by atoms with E-state index in [0.717, 1.165) is 32.5 Å². The second kappa shape index (κ2) is 5.31. The monoisotopic (exact) mass is 324 g/mol. The van der Waals surface area contributed by atoms with Crippen molar-refractivity contribution in [3.05, 3.63) is 41.6 Å². The molecule has 1 aliphatic carbocycles. The van der Waals surface area contributed by atoms with Gasteiger partial charge in [0, 0.05) is 16.7 Å². The third-order valence-electron chi connectivity index (χ3n) is 4.00. The number of anilines is 1. The molecule has 116 valence electrons. The predicted molar refractivity (Wildman–Crippen MR) is 93.6 cm³/mol. The van der Waals surface area contributed by atoms with Gasteiger partial charge in [0.1, 0.15) is 4.83 Å². The molecular weight excluding hydrogens is 308 g/mol. The van der Waals surface area contributed by atoms with E-state index in [4.69, 9.17) is 0 Å². The number of nitrogens with zero attached hydrogens (tertiary/aromatic N) is 2. The second-order valence-electron chi connectivity index (χ2n) is 5.87. The van der Waals surface area contributed by atoms with Gasteiger partial charge in [-0.05, 0) is 31.4 Å². The minimum atomic E-state index is -0.122. The van der Waals surface area contributed by atoms with Gasteiger partial charge in [-0.2, -0.15) is 5.10 Å². The minimum absolute atomic E-state index is 0.122. The van der Waals surface area contributed by atoms with E-state index in [2.05, 4.69) is 33.5 Å². The lowest BCUT2D eigenvalue weighted by molar-refractivity contribution is -0.112. The van der Waals surface area contributed by atoms with E-state index < -0.39 is 0 Å². The van der Waals surface area contributed by atoms with Crippen LogP contribution in [-0.2, 0) is 4.79 Å². The van der Waals surface area contributed by atoms with Crippen molar-refractivity contribution >= 4 is 43.5 Å². The zero-order chi connectivity index (χ0) is 16.0. The van der Waals surface area contributed by atoms with Gasteiger partial charge in [-0.15, -0.1) is 11.3 Å². The van der Waals surface area contributed by atoms with E-state index in [1.807, 2.05) is 31.2 Å². The SMILES string of the molecule is Cc1ccc2c(n1)sc1c(NC(=O)C3=CCC(C)C=C3)n[nH]c12. The van der Waals surface area contributed by atoms with E-state index in [0.29, 0.717) is 17.3 Å². The quantitative estimate of drug-likeness (QED) is 0.750. The highest BCUT2D eigenvalue weighted by molar-refractivity contribution is 7.26. The lowest BCUT2D eigenvalue weighted by atomic mass is 9.98. The fourth-order valence-electron chi connectivity index (χ4n) is 2.67. The maximum Gasteiger partial charge on any atom is 0.256 e. The number of amides is 1. The summed E-state index contributed by atoms with van der Waals surface area (Å²) in [6.45, 7) is 4.10. The average Bonchev–Trinajstić information content (AvgIpc) is 3.07. The summed E-state index contributed by atoms with van der Waals surface area (Å²) in [6.07, 6.45) is 6.80. The Morgan fingerprint density at radius 3 is 3.09 bits per heavy atom. The van der Waals surface area contributed by atoms with Gasteiger partial charge in [0.15, 0.2) is 5.82 Å². The number of carbonyl (C=O) groups excluding carboxylic acids is 1. The van der Waals surface area contributed by atoms with Crippen LogP contribution in [0.25, 0.3) is 20.4 Å². The summed E-state index contributed by atoms with van der Waals surface area (Å²) in [6, 6.07) is 4.01. The van der Waals surface area contributed by atoms with Crippen molar-refractivity contribution in [1.29, 1.82) is 0 Å². The van der Waals surface area contributed by atoms with E-state index in [9.17, 15) is 4.79 Å². The van der Waals surface area contributed by atoms with Gasteiger partial charge >= 0.3 is 0 Å². The summed E-state index contributed by atoms with van der Waals surface area (Å²) in [5, 5.41) is 11.2. The Hall–Kier alpha value is -2.47. The lowest BCUT2D eigenvalue weighted by Gasteiger charge is -2.10. The lowest BCUT2D eigenvalue weighted by Crippen LogP contribution is -2.15. The summed E-state index contributed by atoms with van der Waals surface area (Å²) < 4.78 is 0.931. The Kier molecular flexibility index (Phi) is 3.27. The summed E-state index contributed by atoms with van der Waals surface area (Å²) in [5.41, 5.74) is 2.59. The maximum atomic E-state index is 12.4. The van der Waals surface area contributed by atoms with Crippen LogP contribution < -0.4 is 5.32 Å². The Morgan fingerprint density at radius 2 is 2.30 bits per heavy atom. The number of pyridine rings is 1. The first-order chi connectivity index (χ1) is 11.1. The van der Waals surface area contributed by atoms with Crippen molar-refractivity contribution < 1.29 is 4.79 Å². The van der Waals surface area contributed by atoms with Crippen molar-refractivity contribution in [2.45, 2.75) is 20.3 Å². The van der Waals surface area contributed by atoms with E-state index in [1.165, 1.54) is 0 Å². The molecule has 0 spiro atoms. The van der Waals surface area contributed by atoms with Gasteiger partial charge in [0.05, 0.1) is 10.2 Å². The van der Waals surface area contributed by atoms with Crippen LogP contribution in [0.5, 0.6) is 0 Å². The number of hydrogen-bond acceptors (Lipinski definition) is 4. The Morgan fingerprint density at radius 1 is 1.43 bits per heavy atom. The number of aromatic nitrogens is 3. The third-order valence-corrected chi connectivity index (χ3v) is 5.10. The number of H-pyrrole nitrogens is 1. The van der Waals surface area contributed by atoms with Crippen LogP contribution in [0.15, 0.2) is 35.9 Å². The van der Waals surface area contributed by atoms with Crippen molar-refractivity contribution in [3.63, 3.8) is 0 Å². The number of thiophene rings is 1. The maximum absolute atomic E-state index is 12.4. The number of aromatic amines is 1. The van der Waals surface area contributed by atoms with Crippen LogP contribution in [0.2, 0.25) is 0 Å². The van der Waals surface area contributed by atoms with Gasteiger partial charge < -0.3 is 5.32 Å². The molecule has 5 nitrogen and oxygen atoms in total. The highest BCUT2D eigenvalue weighted by atomic mass is 32.1. The molecule has 0 bridgehead atoms. The molecule has 0 radical (unpaired) electrons. The van der Waals surface area contributed by atoms with E-state index in [1.54, 1.807) is 11.3 Å². The molecule has 2 N–H and O–H groups in total. The molecule has 0 saturated carbocycles. The number of hydrogen-bond donors (Lipinski definition) is 2. The molecule has 1 aliphatic rings. The van der Waals surface area contributed by atoms with Gasteiger partial charge in [0.25, 0.3) is 5.91 Å². The molecule has 0 aromatic carbocycles. The van der Waals surface area contributed by atoms with Gasteiger partial charge in [-0.3, -0.25) is 9.89 Å². The second-order valence-corrected chi connectivity index (χ2v) is 6.87. The standard InChI is InChI=1S/C17H16N4OS/c1-9-3-6-11(7-4-9)16(22)19-15-14-13(20-21-15)12-8-5-10(2)18-17(12)23-14/h3,5-9H,4H2,1-2H3,(H2,19,20,21,22). The molecule has 3 aromatic rings. The van der Waals surface area contributed by atoms with Gasteiger partial charge in [-0.1, -0.05) is 25.2 Å². The summed E-state index contributed by atoms with van der Waals surface area (Å²) in [7, 11) is 0. The highest BCUT2D eigenvalue weighted by Gasteiger charge is 2.17. The molecule has 0 aliphatic heterocycles. The topological polar surface area (TPSA) is 70.7 Å². The zero-order valence-corrected chi connectivity index (χ0v) is 13.7. The minimum Gasteiger partial charge on any atom is -0.304 e. The van der Waals surface area contributed by atoms with Crippen molar-refractivity contribution in [3.8, 4) is 0 Å². The van der Waals surface area contributed by atoms with Crippen LogP contribution >= 0.6 is 11.3 Å². The van der Waals surface area contributed by atoms with Crippen molar-refractivity contribution in [2.75, 3.05) is 5.32 Å². The van der Waals surface area contributed by atoms with E-state index >= 15 is 0 Å².